The van der Waals surface area contributed by atoms with E-state index in [1.165, 1.54) is 14.2 Å². The molecule has 1 fully saturated rings. The predicted molar refractivity (Wildman–Crippen MR) is 109 cm³/mol. The van der Waals surface area contributed by atoms with E-state index < -0.39 is 6.04 Å². The van der Waals surface area contributed by atoms with Crippen molar-refractivity contribution in [3.05, 3.63) is 23.8 Å². The maximum absolute atomic E-state index is 13.1. The molecule has 0 aromatic heterocycles. The lowest BCUT2D eigenvalue weighted by atomic mass is 9.91. The summed E-state index contributed by atoms with van der Waals surface area (Å²) in [6.45, 7) is 7.19. The Morgan fingerprint density at radius 2 is 1.75 bits per heavy atom. The summed E-state index contributed by atoms with van der Waals surface area (Å²) in [5.41, 5.74) is 6.44. The topological polar surface area (TPSA) is 93.9 Å². The van der Waals surface area contributed by atoms with Crippen LogP contribution in [-0.4, -0.2) is 56.1 Å². The van der Waals surface area contributed by atoms with Crippen LogP contribution in [0, 0.1) is 11.8 Å². The summed E-state index contributed by atoms with van der Waals surface area (Å²) >= 11 is 0. The SMILES string of the molecule is COc1cc(OC)cc(C(=O)NC(C(=O)N2CCCC(C(C)N)C2)C(C)C)c1. The summed E-state index contributed by atoms with van der Waals surface area (Å²) in [5, 5.41) is 2.90. The molecule has 156 valence electrons. The van der Waals surface area contributed by atoms with Gasteiger partial charge in [-0.15, -0.1) is 0 Å². The van der Waals surface area contributed by atoms with Crippen LogP contribution in [-0.2, 0) is 4.79 Å². The van der Waals surface area contributed by atoms with Gasteiger partial charge >= 0.3 is 0 Å². The number of nitrogens with two attached hydrogens (primary N) is 1. The molecular weight excluding hydrogens is 358 g/mol. The molecule has 1 aromatic rings. The predicted octanol–water partition coefficient (Wildman–Crippen LogP) is 2.04. The van der Waals surface area contributed by atoms with Gasteiger partial charge in [0, 0.05) is 30.8 Å². The highest BCUT2D eigenvalue weighted by Gasteiger charge is 2.33. The molecule has 1 heterocycles. The fraction of sp³-hybridized carbons (Fsp3) is 0.619. The third kappa shape index (κ3) is 5.38. The van der Waals surface area contributed by atoms with Crippen molar-refractivity contribution < 1.29 is 19.1 Å². The molecule has 0 radical (unpaired) electrons. The van der Waals surface area contributed by atoms with E-state index in [9.17, 15) is 9.59 Å². The van der Waals surface area contributed by atoms with Gasteiger partial charge in [-0.25, -0.2) is 0 Å². The number of ether oxygens (including phenoxy) is 2. The Hall–Kier alpha value is -2.28. The molecule has 3 unspecified atom stereocenters. The Morgan fingerprint density at radius 3 is 2.25 bits per heavy atom. The van der Waals surface area contributed by atoms with Gasteiger partial charge in [0.2, 0.25) is 5.91 Å². The van der Waals surface area contributed by atoms with Crippen LogP contribution in [0.1, 0.15) is 44.0 Å². The average Bonchev–Trinajstić information content (AvgIpc) is 2.70. The van der Waals surface area contributed by atoms with Crippen molar-refractivity contribution in [2.75, 3.05) is 27.3 Å². The molecule has 1 aliphatic heterocycles. The molecule has 1 aliphatic rings. The number of methoxy groups -OCH3 is 2. The fourth-order valence-corrected chi connectivity index (χ4v) is 3.51. The Kier molecular flexibility index (Phi) is 7.69. The van der Waals surface area contributed by atoms with Gasteiger partial charge in [-0.1, -0.05) is 13.8 Å². The van der Waals surface area contributed by atoms with Crippen LogP contribution in [0.25, 0.3) is 0 Å². The number of nitrogens with one attached hydrogen (secondary N) is 1. The number of amides is 2. The van der Waals surface area contributed by atoms with Gasteiger partial charge in [0.25, 0.3) is 5.91 Å². The summed E-state index contributed by atoms with van der Waals surface area (Å²) in [7, 11) is 3.06. The second kappa shape index (κ2) is 9.78. The van der Waals surface area contributed by atoms with E-state index in [2.05, 4.69) is 5.32 Å². The van der Waals surface area contributed by atoms with Gasteiger partial charge in [0.15, 0.2) is 0 Å². The highest BCUT2D eigenvalue weighted by molar-refractivity contribution is 5.98. The second-order valence-corrected chi connectivity index (χ2v) is 7.84. The van der Waals surface area contributed by atoms with E-state index in [0.717, 1.165) is 12.8 Å². The van der Waals surface area contributed by atoms with E-state index in [4.69, 9.17) is 15.2 Å². The van der Waals surface area contributed by atoms with E-state index in [1.807, 2.05) is 25.7 Å². The van der Waals surface area contributed by atoms with Crippen LogP contribution >= 0.6 is 0 Å². The highest BCUT2D eigenvalue weighted by atomic mass is 16.5. The van der Waals surface area contributed by atoms with Crippen LogP contribution in [0.15, 0.2) is 18.2 Å². The van der Waals surface area contributed by atoms with Crippen LogP contribution in [0.3, 0.4) is 0 Å². The van der Waals surface area contributed by atoms with Crippen molar-refractivity contribution in [1.29, 1.82) is 0 Å². The first kappa shape index (κ1) is 22.0. The number of carbonyl (C=O) groups is 2. The number of rotatable bonds is 7. The molecule has 3 N–H and O–H groups in total. The molecule has 0 aliphatic carbocycles. The zero-order chi connectivity index (χ0) is 20.8. The number of piperidine rings is 1. The zero-order valence-corrected chi connectivity index (χ0v) is 17.5. The van der Waals surface area contributed by atoms with Crippen molar-refractivity contribution in [2.45, 2.75) is 45.7 Å². The Labute approximate surface area is 167 Å². The minimum atomic E-state index is -0.600. The van der Waals surface area contributed by atoms with Crippen LogP contribution in [0.5, 0.6) is 11.5 Å². The number of benzene rings is 1. The molecule has 28 heavy (non-hydrogen) atoms. The Bertz CT molecular complexity index is 668. The van der Waals surface area contributed by atoms with Crippen molar-refractivity contribution in [1.82, 2.24) is 10.2 Å². The lowest BCUT2D eigenvalue weighted by Gasteiger charge is -2.37. The molecule has 0 spiro atoms. The first-order chi connectivity index (χ1) is 13.3. The zero-order valence-electron chi connectivity index (χ0n) is 17.5. The van der Waals surface area contributed by atoms with Crippen LogP contribution in [0.2, 0.25) is 0 Å². The summed E-state index contributed by atoms with van der Waals surface area (Å²) in [4.78, 5) is 27.8. The van der Waals surface area contributed by atoms with Gasteiger partial charge in [-0.3, -0.25) is 9.59 Å². The quantitative estimate of drug-likeness (QED) is 0.742. The van der Waals surface area contributed by atoms with E-state index in [1.54, 1.807) is 18.2 Å². The summed E-state index contributed by atoms with van der Waals surface area (Å²) < 4.78 is 10.5. The minimum Gasteiger partial charge on any atom is -0.497 e. The smallest absolute Gasteiger partial charge is 0.252 e. The molecule has 0 bridgehead atoms. The van der Waals surface area contributed by atoms with Gasteiger partial charge < -0.3 is 25.4 Å². The van der Waals surface area contributed by atoms with Gasteiger partial charge in [-0.2, -0.15) is 0 Å². The third-order valence-electron chi connectivity index (χ3n) is 5.35. The molecule has 7 heteroatoms. The second-order valence-electron chi connectivity index (χ2n) is 7.84. The fourth-order valence-electron chi connectivity index (χ4n) is 3.51. The molecule has 3 atom stereocenters. The standard InChI is InChI=1S/C21H33N3O4/c1-13(2)19(21(26)24-8-6-7-15(12-24)14(3)22)23-20(25)16-9-17(27-4)11-18(10-16)28-5/h9-11,13-15,19H,6-8,12,22H2,1-5H3,(H,23,25). The Balaban J connectivity index is 2.16. The summed E-state index contributed by atoms with van der Waals surface area (Å²) in [6.07, 6.45) is 1.97. The molecule has 1 saturated heterocycles. The monoisotopic (exact) mass is 391 g/mol. The Morgan fingerprint density at radius 1 is 1.14 bits per heavy atom. The number of carbonyl (C=O) groups excluding carboxylic acids is 2. The van der Waals surface area contributed by atoms with Gasteiger partial charge in [-0.05, 0) is 43.7 Å². The first-order valence-electron chi connectivity index (χ1n) is 9.85. The molecule has 1 aromatic carbocycles. The molecule has 2 amide bonds. The minimum absolute atomic E-state index is 0.0420. The number of hydrogen-bond donors (Lipinski definition) is 2. The van der Waals surface area contributed by atoms with Crippen molar-refractivity contribution >= 4 is 11.8 Å². The average molecular weight is 392 g/mol. The lowest BCUT2D eigenvalue weighted by Crippen LogP contribution is -2.54. The molecule has 2 rings (SSSR count). The van der Waals surface area contributed by atoms with E-state index >= 15 is 0 Å². The van der Waals surface area contributed by atoms with Gasteiger partial charge in [0.1, 0.15) is 17.5 Å². The number of hydrogen-bond acceptors (Lipinski definition) is 5. The van der Waals surface area contributed by atoms with Crippen molar-refractivity contribution in [2.24, 2.45) is 17.6 Å². The molecule has 0 saturated carbocycles. The highest BCUT2D eigenvalue weighted by Crippen LogP contribution is 2.24. The lowest BCUT2D eigenvalue weighted by molar-refractivity contribution is -0.136. The largest absolute Gasteiger partial charge is 0.497 e. The van der Waals surface area contributed by atoms with E-state index in [-0.39, 0.29) is 23.8 Å². The van der Waals surface area contributed by atoms with Crippen molar-refractivity contribution in [3.63, 3.8) is 0 Å². The first-order valence-corrected chi connectivity index (χ1v) is 9.85. The maximum atomic E-state index is 13.1. The normalized spacial score (nSPS) is 19.1. The maximum Gasteiger partial charge on any atom is 0.252 e. The molecule has 7 nitrogen and oxygen atoms in total. The van der Waals surface area contributed by atoms with Crippen molar-refractivity contribution in [3.8, 4) is 11.5 Å². The van der Waals surface area contributed by atoms with E-state index in [0.29, 0.717) is 36.1 Å². The number of nitrogens with zero attached hydrogens (tertiary/aromatic N) is 1. The summed E-state index contributed by atoms with van der Waals surface area (Å²) in [6, 6.07) is 4.41. The van der Waals surface area contributed by atoms with Crippen LogP contribution in [0.4, 0.5) is 0 Å². The summed E-state index contributed by atoms with van der Waals surface area (Å²) in [5.74, 6) is 0.914. The third-order valence-corrected chi connectivity index (χ3v) is 5.35. The number of likely N-dealkylation sites (tertiary alicyclic amines) is 1. The molecular formula is C21H33N3O4. The van der Waals surface area contributed by atoms with Crippen LogP contribution < -0.4 is 20.5 Å². The van der Waals surface area contributed by atoms with Gasteiger partial charge in [0.05, 0.1) is 14.2 Å².